The van der Waals surface area contributed by atoms with Crippen molar-refractivity contribution in [2.24, 2.45) is 0 Å². The van der Waals surface area contributed by atoms with Crippen LogP contribution in [0.3, 0.4) is 0 Å². The number of hydrogen-bond donors (Lipinski definition) is 0. The van der Waals surface area contributed by atoms with Gasteiger partial charge in [0.05, 0.1) is 13.7 Å². The van der Waals surface area contributed by atoms with E-state index in [4.69, 9.17) is 4.74 Å². The third-order valence-corrected chi connectivity index (χ3v) is 3.60. The SMILES string of the molecule is COc1cccc(N(Cc2cccnc2)C(=O)c2ccncc2)c1. The van der Waals surface area contributed by atoms with Crippen molar-refractivity contribution in [3.05, 3.63) is 84.4 Å². The molecular formula is C19H17N3O2. The van der Waals surface area contributed by atoms with Crippen molar-refractivity contribution in [1.82, 2.24) is 9.97 Å². The Morgan fingerprint density at radius 1 is 1.04 bits per heavy atom. The van der Waals surface area contributed by atoms with E-state index in [9.17, 15) is 4.79 Å². The second-order valence-corrected chi connectivity index (χ2v) is 5.19. The molecule has 1 aromatic carbocycles. The number of rotatable bonds is 5. The van der Waals surface area contributed by atoms with Gasteiger partial charge in [-0.15, -0.1) is 0 Å². The van der Waals surface area contributed by atoms with E-state index < -0.39 is 0 Å². The van der Waals surface area contributed by atoms with E-state index in [1.54, 1.807) is 48.9 Å². The number of benzene rings is 1. The minimum atomic E-state index is -0.102. The van der Waals surface area contributed by atoms with Gasteiger partial charge in [-0.1, -0.05) is 12.1 Å². The van der Waals surface area contributed by atoms with Crippen LogP contribution < -0.4 is 9.64 Å². The molecule has 0 saturated carbocycles. The van der Waals surface area contributed by atoms with Crippen molar-refractivity contribution in [2.75, 3.05) is 12.0 Å². The molecule has 0 aliphatic carbocycles. The van der Waals surface area contributed by atoms with Crippen molar-refractivity contribution in [1.29, 1.82) is 0 Å². The average molecular weight is 319 g/mol. The molecule has 0 aliphatic rings. The van der Waals surface area contributed by atoms with Crippen LogP contribution in [0.1, 0.15) is 15.9 Å². The topological polar surface area (TPSA) is 55.3 Å². The molecule has 120 valence electrons. The van der Waals surface area contributed by atoms with Crippen LogP contribution in [0.5, 0.6) is 5.75 Å². The number of amides is 1. The molecule has 1 amide bonds. The molecule has 3 aromatic rings. The predicted octanol–water partition coefficient (Wildman–Crippen LogP) is 3.33. The highest BCUT2D eigenvalue weighted by Gasteiger charge is 2.18. The Morgan fingerprint density at radius 3 is 2.58 bits per heavy atom. The van der Waals surface area contributed by atoms with Crippen LogP contribution in [0.2, 0.25) is 0 Å². The molecule has 5 nitrogen and oxygen atoms in total. The fourth-order valence-electron chi connectivity index (χ4n) is 2.38. The summed E-state index contributed by atoms with van der Waals surface area (Å²) in [5, 5.41) is 0. The summed E-state index contributed by atoms with van der Waals surface area (Å²) in [5.74, 6) is 0.598. The average Bonchev–Trinajstić information content (AvgIpc) is 2.67. The number of nitrogens with zero attached hydrogens (tertiary/aromatic N) is 3. The molecule has 0 bridgehead atoms. The quantitative estimate of drug-likeness (QED) is 0.724. The van der Waals surface area contributed by atoms with Gasteiger partial charge in [-0.3, -0.25) is 14.8 Å². The standard InChI is InChI=1S/C19H17N3O2/c1-24-18-6-2-5-17(12-18)22(14-15-4-3-9-21-13-15)19(23)16-7-10-20-11-8-16/h2-13H,14H2,1H3. The first-order valence-corrected chi connectivity index (χ1v) is 7.53. The molecule has 0 saturated heterocycles. The molecule has 0 radical (unpaired) electrons. The Balaban J connectivity index is 1.98. The molecule has 0 spiro atoms. The Kier molecular flexibility index (Phi) is 4.81. The van der Waals surface area contributed by atoms with Gasteiger partial charge in [0.25, 0.3) is 5.91 Å². The van der Waals surface area contributed by atoms with Gasteiger partial charge in [0.15, 0.2) is 0 Å². The van der Waals surface area contributed by atoms with E-state index in [1.165, 1.54) is 0 Å². The summed E-state index contributed by atoms with van der Waals surface area (Å²) in [6.45, 7) is 0.419. The largest absolute Gasteiger partial charge is 0.497 e. The molecule has 0 atom stereocenters. The van der Waals surface area contributed by atoms with Gasteiger partial charge < -0.3 is 9.64 Å². The Labute approximate surface area is 140 Å². The lowest BCUT2D eigenvalue weighted by Crippen LogP contribution is -2.30. The van der Waals surface area contributed by atoms with Gasteiger partial charge in [0, 0.05) is 42.1 Å². The third kappa shape index (κ3) is 3.57. The molecule has 3 rings (SSSR count). The minimum absolute atomic E-state index is 0.102. The first-order valence-electron chi connectivity index (χ1n) is 7.53. The number of carbonyl (C=O) groups excluding carboxylic acids is 1. The number of hydrogen-bond acceptors (Lipinski definition) is 4. The third-order valence-electron chi connectivity index (χ3n) is 3.60. The summed E-state index contributed by atoms with van der Waals surface area (Å²) >= 11 is 0. The summed E-state index contributed by atoms with van der Waals surface area (Å²) in [6.07, 6.45) is 6.69. The van der Waals surface area contributed by atoms with Crippen LogP contribution >= 0.6 is 0 Å². The smallest absolute Gasteiger partial charge is 0.258 e. The van der Waals surface area contributed by atoms with E-state index in [0.717, 1.165) is 11.3 Å². The molecule has 0 aliphatic heterocycles. The highest BCUT2D eigenvalue weighted by molar-refractivity contribution is 6.06. The van der Waals surface area contributed by atoms with Crippen molar-refractivity contribution >= 4 is 11.6 Å². The lowest BCUT2D eigenvalue weighted by molar-refractivity contribution is 0.0985. The van der Waals surface area contributed by atoms with E-state index in [1.807, 2.05) is 36.4 Å². The van der Waals surface area contributed by atoms with Gasteiger partial charge >= 0.3 is 0 Å². The molecule has 0 N–H and O–H groups in total. The van der Waals surface area contributed by atoms with E-state index in [-0.39, 0.29) is 5.91 Å². The number of anilines is 1. The lowest BCUT2D eigenvalue weighted by atomic mass is 10.1. The zero-order valence-electron chi connectivity index (χ0n) is 13.3. The summed E-state index contributed by atoms with van der Waals surface area (Å²) in [6, 6.07) is 14.7. The Hall–Kier alpha value is -3.21. The highest BCUT2D eigenvalue weighted by atomic mass is 16.5. The second-order valence-electron chi connectivity index (χ2n) is 5.19. The minimum Gasteiger partial charge on any atom is -0.497 e. The van der Waals surface area contributed by atoms with Crippen LogP contribution in [0.25, 0.3) is 0 Å². The van der Waals surface area contributed by atoms with Gasteiger partial charge in [-0.2, -0.15) is 0 Å². The van der Waals surface area contributed by atoms with Gasteiger partial charge in [0.1, 0.15) is 5.75 Å². The number of methoxy groups -OCH3 is 1. The van der Waals surface area contributed by atoms with Gasteiger partial charge in [0.2, 0.25) is 0 Å². The summed E-state index contributed by atoms with van der Waals surface area (Å²) in [7, 11) is 1.61. The molecule has 0 fully saturated rings. The number of pyridine rings is 2. The normalized spacial score (nSPS) is 10.2. The predicted molar refractivity (Wildman–Crippen MR) is 92.0 cm³/mol. The van der Waals surface area contributed by atoms with Crippen molar-refractivity contribution in [3.63, 3.8) is 0 Å². The summed E-state index contributed by atoms with van der Waals surface area (Å²) < 4.78 is 5.28. The molecule has 24 heavy (non-hydrogen) atoms. The number of aromatic nitrogens is 2. The van der Waals surface area contributed by atoms with E-state index in [0.29, 0.717) is 17.9 Å². The maximum Gasteiger partial charge on any atom is 0.258 e. The fourth-order valence-corrected chi connectivity index (χ4v) is 2.38. The Morgan fingerprint density at radius 2 is 1.88 bits per heavy atom. The zero-order chi connectivity index (χ0) is 16.8. The van der Waals surface area contributed by atoms with Crippen LogP contribution in [0.15, 0.2) is 73.3 Å². The monoisotopic (exact) mass is 319 g/mol. The van der Waals surface area contributed by atoms with Crippen molar-refractivity contribution < 1.29 is 9.53 Å². The van der Waals surface area contributed by atoms with E-state index in [2.05, 4.69) is 9.97 Å². The lowest BCUT2D eigenvalue weighted by Gasteiger charge is -2.23. The van der Waals surface area contributed by atoms with Gasteiger partial charge in [-0.25, -0.2) is 0 Å². The fraction of sp³-hybridized carbons (Fsp3) is 0.105. The van der Waals surface area contributed by atoms with Gasteiger partial charge in [-0.05, 0) is 35.9 Å². The summed E-state index contributed by atoms with van der Waals surface area (Å²) in [4.78, 5) is 22.8. The van der Waals surface area contributed by atoms with Crippen molar-refractivity contribution in [2.45, 2.75) is 6.54 Å². The van der Waals surface area contributed by atoms with Crippen LogP contribution in [0.4, 0.5) is 5.69 Å². The Bertz CT molecular complexity index is 807. The summed E-state index contributed by atoms with van der Waals surface area (Å²) in [5.41, 5.74) is 2.29. The zero-order valence-corrected chi connectivity index (χ0v) is 13.3. The van der Waals surface area contributed by atoms with Crippen LogP contribution in [-0.4, -0.2) is 23.0 Å². The molecular weight excluding hydrogens is 302 g/mol. The first-order chi connectivity index (χ1) is 11.8. The molecule has 2 heterocycles. The van der Waals surface area contributed by atoms with E-state index >= 15 is 0 Å². The number of ether oxygens (including phenoxy) is 1. The highest BCUT2D eigenvalue weighted by Crippen LogP contribution is 2.24. The molecule has 2 aromatic heterocycles. The maximum absolute atomic E-state index is 13.0. The second kappa shape index (κ2) is 7.37. The van der Waals surface area contributed by atoms with Crippen molar-refractivity contribution in [3.8, 4) is 5.75 Å². The number of carbonyl (C=O) groups is 1. The maximum atomic E-state index is 13.0. The van der Waals surface area contributed by atoms with Crippen LogP contribution in [-0.2, 0) is 6.54 Å². The van der Waals surface area contributed by atoms with Crippen LogP contribution in [0, 0.1) is 0 Å². The molecule has 0 unspecified atom stereocenters. The first kappa shape index (κ1) is 15.7. The molecule has 5 heteroatoms.